The summed E-state index contributed by atoms with van der Waals surface area (Å²) < 4.78 is 0. The van der Waals surface area contributed by atoms with Gasteiger partial charge in [0.05, 0.1) is 12.6 Å². The molecule has 0 aliphatic carbocycles. The first-order valence-corrected chi connectivity index (χ1v) is 5.74. The zero-order chi connectivity index (χ0) is 10.7. The van der Waals surface area contributed by atoms with Gasteiger partial charge in [0.1, 0.15) is 0 Å². The molecule has 3 nitrogen and oxygen atoms in total. The van der Waals surface area contributed by atoms with Gasteiger partial charge < -0.3 is 4.90 Å². The van der Waals surface area contributed by atoms with Crippen molar-refractivity contribution < 1.29 is 4.79 Å². The fourth-order valence-electron chi connectivity index (χ4n) is 2.22. The lowest BCUT2D eigenvalue weighted by molar-refractivity contribution is -0.127. The summed E-state index contributed by atoms with van der Waals surface area (Å²) in [7, 11) is 2.12. The average molecular weight is 206 g/mol. The van der Waals surface area contributed by atoms with Crippen LogP contribution in [0.5, 0.6) is 0 Å². The molecule has 2 aliphatic rings. The summed E-state index contributed by atoms with van der Waals surface area (Å²) in [6.07, 6.45) is 4.14. The van der Waals surface area contributed by atoms with Crippen LogP contribution >= 0.6 is 0 Å². The first kappa shape index (κ1) is 10.5. The molecule has 2 aliphatic heterocycles. The molecule has 2 fully saturated rings. The van der Waals surface area contributed by atoms with Crippen LogP contribution in [0.15, 0.2) is 0 Å². The molecule has 0 saturated carbocycles. The second-order valence-electron chi connectivity index (χ2n) is 4.38. The second-order valence-corrected chi connectivity index (χ2v) is 4.38. The van der Waals surface area contributed by atoms with Crippen molar-refractivity contribution in [3.8, 4) is 11.8 Å². The van der Waals surface area contributed by atoms with E-state index in [0.29, 0.717) is 19.0 Å². The summed E-state index contributed by atoms with van der Waals surface area (Å²) in [6, 6.07) is 0.419. The lowest BCUT2D eigenvalue weighted by Crippen LogP contribution is -2.26. The van der Waals surface area contributed by atoms with E-state index in [-0.39, 0.29) is 5.91 Å². The van der Waals surface area contributed by atoms with Crippen molar-refractivity contribution in [1.82, 2.24) is 9.80 Å². The highest BCUT2D eigenvalue weighted by Crippen LogP contribution is 2.13. The number of likely N-dealkylation sites (tertiary alicyclic amines) is 2. The fourth-order valence-corrected chi connectivity index (χ4v) is 2.22. The standard InChI is InChI=1S/C12H18N2O/c1-13-8-2-5-11(13)6-3-9-14-10-4-7-12(14)15/h11H,2,4-5,7-10H2,1H3/t11-/m1/s1. The van der Waals surface area contributed by atoms with Crippen LogP contribution in [0, 0.1) is 11.8 Å². The molecule has 0 aromatic rings. The second kappa shape index (κ2) is 4.67. The van der Waals surface area contributed by atoms with E-state index in [4.69, 9.17) is 0 Å². The van der Waals surface area contributed by atoms with Gasteiger partial charge in [-0.1, -0.05) is 11.8 Å². The van der Waals surface area contributed by atoms with E-state index in [9.17, 15) is 4.79 Å². The predicted octanol–water partition coefficient (Wildman–Crippen LogP) is 0.706. The van der Waals surface area contributed by atoms with Crippen LogP contribution in [0.3, 0.4) is 0 Å². The van der Waals surface area contributed by atoms with Gasteiger partial charge in [0.25, 0.3) is 0 Å². The van der Waals surface area contributed by atoms with Crippen LogP contribution in [-0.4, -0.2) is 48.4 Å². The third kappa shape index (κ3) is 2.51. The molecule has 1 atom stereocenters. The number of carbonyl (C=O) groups excluding carboxylic acids is 1. The predicted molar refractivity (Wildman–Crippen MR) is 59.2 cm³/mol. The normalized spacial score (nSPS) is 26.9. The van der Waals surface area contributed by atoms with Crippen LogP contribution in [0.1, 0.15) is 25.7 Å². The molecule has 0 bridgehead atoms. The Kier molecular flexibility index (Phi) is 3.27. The van der Waals surface area contributed by atoms with Crippen molar-refractivity contribution in [2.24, 2.45) is 0 Å². The van der Waals surface area contributed by atoms with E-state index < -0.39 is 0 Å². The van der Waals surface area contributed by atoms with Crippen molar-refractivity contribution >= 4 is 5.91 Å². The first-order chi connectivity index (χ1) is 7.27. The van der Waals surface area contributed by atoms with Crippen LogP contribution in [0.25, 0.3) is 0 Å². The number of hydrogen-bond donors (Lipinski definition) is 0. The summed E-state index contributed by atoms with van der Waals surface area (Å²) in [5.74, 6) is 6.67. The lowest BCUT2D eigenvalue weighted by Gasteiger charge is -2.13. The minimum Gasteiger partial charge on any atom is -0.332 e. The van der Waals surface area contributed by atoms with Gasteiger partial charge in [0, 0.05) is 13.0 Å². The van der Waals surface area contributed by atoms with Gasteiger partial charge >= 0.3 is 0 Å². The van der Waals surface area contributed by atoms with Gasteiger partial charge in [-0.2, -0.15) is 0 Å². The van der Waals surface area contributed by atoms with Crippen molar-refractivity contribution in [2.75, 3.05) is 26.7 Å². The molecule has 0 spiro atoms. The third-order valence-electron chi connectivity index (χ3n) is 3.23. The molecule has 2 saturated heterocycles. The fraction of sp³-hybridized carbons (Fsp3) is 0.750. The minimum atomic E-state index is 0.268. The van der Waals surface area contributed by atoms with Gasteiger partial charge in [-0.3, -0.25) is 9.69 Å². The number of carbonyl (C=O) groups is 1. The molecule has 0 aromatic carbocycles. The van der Waals surface area contributed by atoms with Gasteiger partial charge in [-0.25, -0.2) is 0 Å². The zero-order valence-corrected chi connectivity index (χ0v) is 9.33. The quantitative estimate of drug-likeness (QED) is 0.590. The van der Waals surface area contributed by atoms with E-state index in [1.165, 1.54) is 12.8 Å². The Morgan fingerprint density at radius 2 is 2.27 bits per heavy atom. The molecule has 0 radical (unpaired) electrons. The molecule has 0 aromatic heterocycles. The Bertz CT molecular complexity index is 302. The first-order valence-electron chi connectivity index (χ1n) is 5.74. The maximum absolute atomic E-state index is 11.3. The van der Waals surface area contributed by atoms with E-state index in [2.05, 4.69) is 23.8 Å². The van der Waals surface area contributed by atoms with Crippen molar-refractivity contribution in [1.29, 1.82) is 0 Å². The van der Waals surface area contributed by atoms with E-state index >= 15 is 0 Å². The average Bonchev–Trinajstić information content (AvgIpc) is 2.78. The number of nitrogens with zero attached hydrogens (tertiary/aromatic N) is 2. The largest absolute Gasteiger partial charge is 0.332 e. The monoisotopic (exact) mass is 206 g/mol. The smallest absolute Gasteiger partial charge is 0.223 e. The summed E-state index contributed by atoms with van der Waals surface area (Å²) in [6.45, 7) is 2.68. The van der Waals surface area contributed by atoms with Gasteiger partial charge in [-0.05, 0) is 32.9 Å². The third-order valence-corrected chi connectivity index (χ3v) is 3.23. The number of hydrogen-bond acceptors (Lipinski definition) is 2. The molecular weight excluding hydrogens is 188 g/mol. The Morgan fingerprint density at radius 3 is 2.87 bits per heavy atom. The molecule has 82 valence electrons. The topological polar surface area (TPSA) is 23.6 Å². The number of rotatable bonds is 1. The summed E-state index contributed by atoms with van der Waals surface area (Å²) >= 11 is 0. The van der Waals surface area contributed by atoms with Crippen molar-refractivity contribution in [3.05, 3.63) is 0 Å². The van der Waals surface area contributed by atoms with E-state index in [0.717, 1.165) is 19.5 Å². The minimum absolute atomic E-state index is 0.268. The lowest BCUT2D eigenvalue weighted by atomic mass is 10.2. The molecule has 2 heterocycles. The molecular formula is C12H18N2O. The van der Waals surface area contributed by atoms with Crippen LogP contribution in [0.4, 0.5) is 0 Å². The number of amides is 1. The molecule has 2 rings (SSSR count). The van der Waals surface area contributed by atoms with E-state index in [1.54, 1.807) is 0 Å². The summed E-state index contributed by atoms with van der Waals surface area (Å²) in [5, 5.41) is 0. The highest BCUT2D eigenvalue weighted by molar-refractivity contribution is 5.78. The van der Waals surface area contributed by atoms with E-state index in [1.807, 2.05) is 4.90 Å². The van der Waals surface area contributed by atoms with Gasteiger partial charge in [0.15, 0.2) is 0 Å². The van der Waals surface area contributed by atoms with Gasteiger partial charge in [0.2, 0.25) is 5.91 Å². The van der Waals surface area contributed by atoms with Crippen molar-refractivity contribution in [3.63, 3.8) is 0 Å². The van der Waals surface area contributed by atoms with Crippen LogP contribution < -0.4 is 0 Å². The van der Waals surface area contributed by atoms with Gasteiger partial charge in [-0.15, -0.1) is 0 Å². The molecule has 1 amide bonds. The maximum atomic E-state index is 11.3. The molecule has 0 unspecified atom stereocenters. The Labute approximate surface area is 91.4 Å². The van der Waals surface area contributed by atoms with Crippen LogP contribution in [0.2, 0.25) is 0 Å². The van der Waals surface area contributed by atoms with Crippen LogP contribution in [-0.2, 0) is 4.79 Å². The summed E-state index contributed by atoms with van der Waals surface area (Å²) in [4.78, 5) is 15.5. The highest BCUT2D eigenvalue weighted by atomic mass is 16.2. The Morgan fingerprint density at radius 1 is 1.40 bits per heavy atom. The van der Waals surface area contributed by atoms with Crippen molar-refractivity contribution in [2.45, 2.75) is 31.7 Å². The highest BCUT2D eigenvalue weighted by Gasteiger charge is 2.20. The Balaban J connectivity index is 1.81. The SMILES string of the molecule is CN1CCC[C@@H]1C#CCN1CCCC1=O. The summed E-state index contributed by atoms with van der Waals surface area (Å²) in [5.41, 5.74) is 0. The zero-order valence-electron chi connectivity index (χ0n) is 9.33. The Hall–Kier alpha value is -1.01. The molecule has 3 heteroatoms. The maximum Gasteiger partial charge on any atom is 0.223 e. The molecule has 15 heavy (non-hydrogen) atoms. The molecule has 0 N–H and O–H groups in total.